The minimum Gasteiger partial charge on any atom is -0.342 e. The van der Waals surface area contributed by atoms with Crippen LogP contribution in [0.25, 0.3) is 11.3 Å². The number of nitrogens with one attached hydrogen (secondary N) is 1. The molecule has 0 aliphatic rings. The molecule has 2 aromatic rings. The lowest BCUT2D eigenvalue weighted by Crippen LogP contribution is -1.89. The number of carbonyl (C=O) groups is 1. The number of hydrogen-bond donors (Lipinski definition) is 1. The van der Waals surface area contributed by atoms with E-state index in [1.807, 2.05) is 12.1 Å². The van der Waals surface area contributed by atoms with E-state index in [1.54, 1.807) is 18.6 Å². The van der Waals surface area contributed by atoms with E-state index < -0.39 is 0 Å². The summed E-state index contributed by atoms with van der Waals surface area (Å²) in [4.78, 5) is 21.7. The average Bonchev–Trinajstić information content (AvgIpc) is 2.79. The van der Waals surface area contributed by atoms with Gasteiger partial charge in [0.15, 0.2) is 0 Å². The average molecular weight is 215 g/mol. The molecule has 0 aliphatic heterocycles. The quantitative estimate of drug-likeness (QED) is 0.613. The minimum absolute atomic E-state index is 0.586. The van der Waals surface area contributed by atoms with Gasteiger partial charge in [-0.25, -0.2) is 4.98 Å². The number of aromatic nitrogens is 3. The summed E-state index contributed by atoms with van der Waals surface area (Å²) in [5.41, 5.74) is 1.99. The van der Waals surface area contributed by atoms with Crippen LogP contribution in [0.5, 0.6) is 0 Å². The summed E-state index contributed by atoms with van der Waals surface area (Å²) in [6.07, 6.45) is 8.50. The first-order valence-corrected chi connectivity index (χ1v) is 5.28. The predicted molar refractivity (Wildman–Crippen MR) is 60.8 cm³/mol. The SMILES string of the molecule is O=CCCCc1ncc(-c2cccnc2)[nH]1. The Morgan fingerprint density at radius 3 is 3.06 bits per heavy atom. The van der Waals surface area contributed by atoms with Crippen molar-refractivity contribution in [2.45, 2.75) is 19.3 Å². The van der Waals surface area contributed by atoms with E-state index in [-0.39, 0.29) is 0 Å². The van der Waals surface area contributed by atoms with Crippen LogP contribution in [-0.4, -0.2) is 21.2 Å². The number of hydrogen-bond acceptors (Lipinski definition) is 3. The van der Waals surface area contributed by atoms with Crippen LogP contribution in [0.4, 0.5) is 0 Å². The van der Waals surface area contributed by atoms with Crippen LogP contribution >= 0.6 is 0 Å². The smallest absolute Gasteiger partial charge is 0.120 e. The highest BCUT2D eigenvalue weighted by Crippen LogP contribution is 2.15. The summed E-state index contributed by atoms with van der Waals surface area (Å²) in [5, 5.41) is 0. The first-order valence-electron chi connectivity index (χ1n) is 5.28. The molecule has 2 aromatic heterocycles. The second-order valence-corrected chi connectivity index (χ2v) is 3.54. The third-order valence-electron chi connectivity index (χ3n) is 2.34. The van der Waals surface area contributed by atoms with Gasteiger partial charge in [0, 0.05) is 30.8 Å². The van der Waals surface area contributed by atoms with Crippen LogP contribution in [0.3, 0.4) is 0 Å². The number of pyridine rings is 1. The van der Waals surface area contributed by atoms with E-state index in [4.69, 9.17) is 0 Å². The Bertz CT molecular complexity index is 450. The van der Waals surface area contributed by atoms with Gasteiger partial charge in [0.05, 0.1) is 11.9 Å². The zero-order valence-electron chi connectivity index (χ0n) is 8.89. The number of imidazole rings is 1. The number of aldehydes is 1. The Kier molecular flexibility index (Phi) is 3.43. The molecule has 0 spiro atoms. The topological polar surface area (TPSA) is 58.6 Å². The molecule has 1 N–H and O–H groups in total. The van der Waals surface area contributed by atoms with Crippen molar-refractivity contribution in [2.24, 2.45) is 0 Å². The summed E-state index contributed by atoms with van der Waals surface area (Å²) in [6.45, 7) is 0. The van der Waals surface area contributed by atoms with Gasteiger partial charge in [0.1, 0.15) is 12.1 Å². The fraction of sp³-hybridized carbons (Fsp3) is 0.250. The third-order valence-corrected chi connectivity index (χ3v) is 2.34. The summed E-state index contributed by atoms with van der Waals surface area (Å²) < 4.78 is 0. The molecule has 0 atom stereocenters. The Morgan fingerprint density at radius 1 is 1.38 bits per heavy atom. The Hall–Kier alpha value is -1.97. The molecule has 0 aromatic carbocycles. The first-order chi connectivity index (χ1) is 7.90. The zero-order valence-corrected chi connectivity index (χ0v) is 8.89. The molecule has 2 heterocycles. The van der Waals surface area contributed by atoms with E-state index in [0.717, 1.165) is 36.2 Å². The fourth-order valence-electron chi connectivity index (χ4n) is 1.51. The van der Waals surface area contributed by atoms with Gasteiger partial charge in [-0.2, -0.15) is 0 Å². The summed E-state index contributed by atoms with van der Waals surface area (Å²) in [7, 11) is 0. The van der Waals surface area contributed by atoms with Gasteiger partial charge in [0.25, 0.3) is 0 Å². The molecule has 0 amide bonds. The van der Waals surface area contributed by atoms with E-state index in [9.17, 15) is 4.79 Å². The van der Waals surface area contributed by atoms with Gasteiger partial charge in [-0.05, 0) is 18.6 Å². The van der Waals surface area contributed by atoms with E-state index in [1.165, 1.54) is 0 Å². The number of carbonyl (C=O) groups excluding carboxylic acids is 1. The molecule has 0 radical (unpaired) electrons. The van der Waals surface area contributed by atoms with Crippen LogP contribution in [0.1, 0.15) is 18.7 Å². The molecular weight excluding hydrogens is 202 g/mol. The van der Waals surface area contributed by atoms with Crippen molar-refractivity contribution in [3.05, 3.63) is 36.5 Å². The van der Waals surface area contributed by atoms with Gasteiger partial charge in [0.2, 0.25) is 0 Å². The standard InChI is InChI=1S/C12H13N3O/c16-7-2-1-5-12-14-9-11(15-12)10-4-3-6-13-8-10/h3-4,6-9H,1-2,5H2,(H,14,15). The highest BCUT2D eigenvalue weighted by Gasteiger charge is 2.02. The summed E-state index contributed by atoms with van der Waals surface area (Å²) in [6, 6.07) is 3.87. The second kappa shape index (κ2) is 5.21. The molecule has 4 nitrogen and oxygen atoms in total. The van der Waals surface area contributed by atoms with Crippen molar-refractivity contribution < 1.29 is 4.79 Å². The first kappa shape index (κ1) is 10.5. The molecule has 16 heavy (non-hydrogen) atoms. The molecule has 0 fully saturated rings. The molecule has 2 rings (SSSR count). The molecule has 0 saturated heterocycles. The monoisotopic (exact) mass is 215 g/mol. The number of aromatic amines is 1. The van der Waals surface area contributed by atoms with E-state index in [2.05, 4.69) is 15.0 Å². The number of nitrogens with zero attached hydrogens (tertiary/aromatic N) is 2. The fourth-order valence-corrected chi connectivity index (χ4v) is 1.51. The molecular formula is C12H13N3O. The van der Waals surface area contributed by atoms with Gasteiger partial charge >= 0.3 is 0 Å². The van der Waals surface area contributed by atoms with E-state index in [0.29, 0.717) is 6.42 Å². The van der Waals surface area contributed by atoms with Crippen LogP contribution in [0, 0.1) is 0 Å². The van der Waals surface area contributed by atoms with Crippen molar-refractivity contribution >= 4 is 6.29 Å². The largest absolute Gasteiger partial charge is 0.342 e. The van der Waals surface area contributed by atoms with Crippen LogP contribution < -0.4 is 0 Å². The lowest BCUT2D eigenvalue weighted by atomic mass is 10.2. The maximum absolute atomic E-state index is 10.2. The molecule has 82 valence electrons. The van der Waals surface area contributed by atoms with Gasteiger partial charge in [-0.3, -0.25) is 4.98 Å². The second-order valence-electron chi connectivity index (χ2n) is 3.54. The Balaban J connectivity index is 2.05. The van der Waals surface area contributed by atoms with Crippen molar-refractivity contribution in [1.82, 2.24) is 15.0 Å². The van der Waals surface area contributed by atoms with Crippen LogP contribution in [0.15, 0.2) is 30.7 Å². The summed E-state index contributed by atoms with van der Waals surface area (Å²) >= 11 is 0. The lowest BCUT2D eigenvalue weighted by Gasteiger charge is -1.95. The molecule has 0 aliphatic carbocycles. The normalized spacial score (nSPS) is 10.2. The highest BCUT2D eigenvalue weighted by atomic mass is 16.1. The molecule has 0 saturated carbocycles. The Labute approximate surface area is 93.8 Å². The number of unbranched alkanes of at least 4 members (excludes halogenated alkanes) is 1. The lowest BCUT2D eigenvalue weighted by molar-refractivity contribution is -0.107. The molecule has 4 heteroatoms. The molecule has 0 unspecified atom stereocenters. The number of H-pyrrole nitrogens is 1. The predicted octanol–water partition coefficient (Wildman–Crippen LogP) is 1.99. The van der Waals surface area contributed by atoms with Crippen molar-refractivity contribution in [3.63, 3.8) is 0 Å². The number of rotatable bonds is 5. The van der Waals surface area contributed by atoms with Gasteiger partial charge < -0.3 is 9.78 Å². The van der Waals surface area contributed by atoms with Gasteiger partial charge in [-0.15, -0.1) is 0 Å². The van der Waals surface area contributed by atoms with E-state index >= 15 is 0 Å². The Morgan fingerprint density at radius 2 is 2.31 bits per heavy atom. The maximum Gasteiger partial charge on any atom is 0.120 e. The summed E-state index contributed by atoms with van der Waals surface area (Å²) in [5.74, 6) is 0.917. The highest BCUT2D eigenvalue weighted by molar-refractivity contribution is 5.56. The third kappa shape index (κ3) is 2.53. The zero-order chi connectivity index (χ0) is 11.2. The van der Waals surface area contributed by atoms with Crippen molar-refractivity contribution in [1.29, 1.82) is 0 Å². The minimum atomic E-state index is 0.586. The van der Waals surface area contributed by atoms with Crippen molar-refractivity contribution in [3.8, 4) is 11.3 Å². The van der Waals surface area contributed by atoms with Crippen LogP contribution in [0.2, 0.25) is 0 Å². The molecule has 0 bridgehead atoms. The maximum atomic E-state index is 10.2. The van der Waals surface area contributed by atoms with Crippen molar-refractivity contribution in [2.75, 3.05) is 0 Å². The number of aryl methyl sites for hydroxylation is 1. The van der Waals surface area contributed by atoms with Gasteiger partial charge in [-0.1, -0.05) is 0 Å². The van der Waals surface area contributed by atoms with Crippen LogP contribution in [-0.2, 0) is 11.2 Å².